The van der Waals surface area contributed by atoms with Crippen LogP contribution in [0.3, 0.4) is 0 Å². The van der Waals surface area contributed by atoms with Crippen molar-refractivity contribution in [2.75, 3.05) is 6.54 Å². The summed E-state index contributed by atoms with van der Waals surface area (Å²) in [5.74, 6) is 4.78. The number of hydrazine groups is 1. The number of rotatable bonds is 7. The van der Waals surface area contributed by atoms with Crippen LogP contribution in [0.15, 0.2) is 60.8 Å². The number of hydrogen-bond donors (Lipinski definition) is 3. The van der Waals surface area contributed by atoms with Gasteiger partial charge in [0, 0.05) is 41.8 Å². The molecule has 1 amide bonds. The van der Waals surface area contributed by atoms with Gasteiger partial charge in [-0.15, -0.1) is 0 Å². The minimum absolute atomic E-state index is 0.0594. The Morgan fingerprint density at radius 3 is 2.55 bits per heavy atom. The molecule has 1 aromatic heterocycles. The minimum Gasteiger partial charge on any atom is -0.361 e. The molecule has 5 heteroatoms. The van der Waals surface area contributed by atoms with Crippen LogP contribution in [0.5, 0.6) is 0 Å². The molecule has 5 nitrogen and oxygen atoms in total. The first-order valence-corrected chi connectivity index (χ1v) is 9.94. The third kappa shape index (κ3) is 5.56. The van der Waals surface area contributed by atoms with Crippen LogP contribution in [-0.2, 0) is 17.8 Å². The van der Waals surface area contributed by atoms with Crippen molar-refractivity contribution in [2.24, 2.45) is 5.84 Å². The van der Waals surface area contributed by atoms with Crippen LogP contribution in [-0.4, -0.2) is 27.9 Å². The minimum atomic E-state index is -0.315. The maximum absolute atomic E-state index is 11.2. The summed E-state index contributed by atoms with van der Waals surface area (Å²) in [4.78, 5) is 17.1. The van der Waals surface area contributed by atoms with E-state index < -0.39 is 0 Å². The van der Waals surface area contributed by atoms with Crippen LogP contribution in [0.25, 0.3) is 17.0 Å². The van der Waals surface area contributed by atoms with Gasteiger partial charge in [-0.2, -0.15) is 0 Å². The van der Waals surface area contributed by atoms with Crippen LogP contribution in [0.2, 0.25) is 0 Å². The summed E-state index contributed by atoms with van der Waals surface area (Å²) in [5, 5.41) is 1.30. The molecule has 0 aliphatic carbocycles. The molecular weight excluding hydrogens is 360 g/mol. The van der Waals surface area contributed by atoms with Gasteiger partial charge in [0.05, 0.1) is 0 Å². The zero-order valence-corrected chi connectivity index (χ0v) is 17.4. The third-order valence-corrected chi connectivity index (χ3v) is 5.20. The Kier molecular flexibility index (Phi) is 6.52. The van der Waals surface area contributed by atoms with Crippen LogP contribution in [0, 0.1) is 0 Å². The zero-order valence-electron chi connectivity index (χ0n) is 17.4. The number of amides is 1. The number of H-pyrrole nitrogens is 1. The quantitative estimate of drug-likeness (QED) is 0.247. The topological polar surface area (TPSA) is 74.2 Å². The van der Waals surface area contributed by atoms with Crippen molar-refractivity contribution in [1.82, 2.24) is 15.3 Å². The maximum Gasteiger partial charge on any atom is 0.257 e. The fraction of sp³-hybridized carbons (Fsp3) is 0.292. The van der Waals surface area contributed by atoms with Crippen molar-refractivity contribution < 1.29 is 4.79 Å². The molecule has 0 unspecified atom stereocenters. The van der Waals surface area contributed by atoms with Gasteiger partial charge in [-0.3, -0.25) is 15.1 Å². The van der Waals surface area contributed by atoms with E-state index in [1.807, 2.05) is 12.1 Å². The van der Waals surface area contributed by atoms with Crippen molar-refractivity contribution in [1.29, 1.82) is 0 Å². The van der Waals surface area contributed by atoms with Gasteiger partial charge in [0.2, 0.25) is 0 Å². The Morgan fingerprint density at radius 2 is 1.86 bits per heavy atom. The number of para-hydroxylation sites is 1. The van der Waals surface area contributed by atoms with E-state index in [1.165, 1.54) is 28.1 Å². The maximum atomic E-state index is 11.2. The molecular formula is C24H30N4O. The number of aromatic nitrogens is 1. The molecule has 3 aromatic rings. The molecule has 0 fully saturated rings. The highest BCUT2D eigenvalue weighted by Crippen LogP contribution is 2.22. The first-order valence-electron chi connectivity index (χ1n) is 9.94. The normalized spacial score (nSPS) is 12.2. The molecule has 0 aliphatic heterocycles. The Bertz CT molecular complexity index is 980. The summed E-state index contributed by atoms with van der Waals surface area (Å²) >= 11 is 0. The first-order chi connectivity index (χ1) is 13.9. The predicted molar refractivity (Wildman–Crippen MR) is 120 cm³/mol. The Hall–Kier alpha value is -2.89. The molecule has 4 N–H and O–H groups in total. The second kappa shape index (κ2) is 9.07. The lowest BCUT2D eigenvalue weighted by Gasteiger charge is -2.36. The van der Waals surface area contributed by atoms with E-state index in [4.69, 9.17) is 5.84 Å². The monoisotopic (exact) mass is 390 g/mol. The molecule has 1 heterocycles. The smallest absolute Gasteiger partial charge is 0.257 e. The average Bonchev–Trinajstić information content (AvgIpc) is 3.12. The van der Waals surface area contributed by atoms with Gasteiger partial charge in [0.25, 0.3) is 5.91 Å². The van der Waals surface area contributed by atoms with E-state index in [-0.39, 0.29) is 11.4 Å². The number of carbonyl (C=O) groups is 1. The molecule has 0 saturated carbocycles. The van der Waals surface area contributed by atoms with E-state index in [0.29, 0.717) is 0 Å². The van der Waals surface area contributed by atoms with E-state index in [0.717, 1.165) is 25.1 Å². The fourth-order valence-corrected chi connectivity index (χ4v) is 3.42. The van der Waals surface area contributed by atoms with Crippen LogP contribution < -0.4 is 11.3 Å². The van der Waals surface area contributed by atoms with Gasteiger partial charge in [0.15, 0.2) is 0 Å². The van der Waals surface area contributed by atoms with Crippen LogP contribution in [0.4, 0.5) is 0 Å². The molecule has 0 saturated heterocycles. The highest BCUT2D eigenvalue weighted by atomic mass is 16.2. The summed E-state index contributed by atoms with van der Waals surface area (Å²) in [6.45, 7) is 8.61. The van der Waals surface area contributed by atoms with Crippen molar-refractivity contribution in [3.63, 3.8) is 0 Å². The SMILES string of the molecule is CC(C)(C)N(CCc1c[nH]c2ccccc12)Cc1ccc(/C=C/C(=O)NN)cc1. The highest BCUT2D eigenvalue weighted by Gasteiger charge is 2.21. The van der Waals surface area contributed by atoms with Crippen molar-refractivity contribution in [3.05, 3.63) is 77.5 Å². The summed E-state index contributed by atoms with van der Waals surface area (Å²) in [6.07, 6.45) is 6.31. The Labute approximate surface area is 172 Å². The first kappa shape index (κ1) is 20.8. The van der Waals surface area contributed by atoms with Crippen LogP contribution in [0.1, 0.15) is 37.5 Å². The zero-order chi connectivity index (χ0) is 20.9. The van der Waals surface area contributed by atoms with E-state index in [9.17, 15) is 4.79 Å². The number of nitrogens with zero attached hydrogens (tertiary/aromatic N) is 1. The molecule has 3 rings (SSSR count). The molecule has 0 atom stereocenters. The van der Waals surface area contributed by atoms with Crippen molar-refractivity contribution in [2.45, 2.75) is 39.3 Å². The molecule has 0 bridgehead atoms. The highest BCUT2D eigenvalue weighted by molar-refractivity contribution is 5.91. The van der Waals surface area contributed by atoms with Crippen molar-refractivity contribution in [3.8, 4) is 0 Å². The van der Waals surface area contributed by atoms with Gasteiger partial charge in [-0.25, -0.2) is 5.84 Å². The lowest BCUT2D eigenvalue weighted by atomic mass is 10.0. The number of nitrogens with one attached hydrogen (secondary N) is 2. The standard InChI is InChI=1S/C24H30N4O/c1-24(2,3)28(15-14-20-16-26-22-7-5-4-6-21(20)22)17-19-10-8-18(9-11-19)12-13-23(29)27-25/h4-13,16,26H,14-15,17,25H2,1-3H3,(H,27,29)/b13-12+. The van der Waals surface area contributed by atoms with Gasteiger partial charge >= 0.3 is 0 Å². The van der Waals surface area contributed by atoms with E-state index in [1.54, 1.807) is 6.08 Å². The lowest BCUT2D eigenvalue weighted by Crippen LogP contribution is -2.42. The van der Waals surface area contributed by atoms with E-state index in [2.05, 4.69) is 78.7 Å². The largest absolute Gasteiger partial charge is 0.361 e. The molecule has 0 aliphatic rings. The number of benzene rings is 2. The molecule has 0 radical (unpaired) electrons. The number of fused-ring (bicyclic) bond motifs is 1. The summed E-state index contributed by atoms with van der Waals surface area (Å²) in [6, 6.07) is 16.7. The Balaban J connectivity index is 1.68. The number of carbonyl (C=O) groups excluding carboxylic acids is 1. The van der Waals surface area contributed by atoms with E-state index >= 15 is 0 Å². The van der Waals surface area contributed by atoms with Crippen LogP contribution >= 0.6 is 0 Å². The predicted octanol–water partition coefficient (Wildman–Crippen LogP) is 4.01. The second-order valence-electron chi connectivity index (χ2n) is 8.29. The van der Waals surface area contributed by atoms with Crippen molar-refractivity contribution >= 4 is 22.9 Å². The number of aromatic amines is 1. The molecule has 2 aromatic carbocycles. The number of hydrogen-bond acceptors (Lipinski definition) is 3. The lowest BCUT2D eigenvalue weighted by molar-refractivity contribution is -0.116. The summed E-state index contributed by atoms with van der Waals surface area (Å²) < 4.78 is 0. The van der Waals surface area contributed by atoms with Gasteiger partial charge < -0.3 is 4.98 Å². The Morgan fingerprint density at radius 1 is 1.14 bits per heavy atom. The second-order valence-corrected chi connectivity index (χ2v) is 8.29. The molecule has 29 heavy (non-hydrogen) atoms. The summed E-state index contributed by atoms with van der Waals surface area (Å²) in [7, 11) is 0. The molecule has 0 spiro atoms. The van der Waals surface area contributed by atoms with Gasteiger partial charge in [-0.1, -0.05) is 42.5 Å². The molecule has 152 valence electrons. The number of nitrogens with two attached hydrogens (primary N) is 1. The van der Waals surface area contributed by atoms with Gasteiger partial charge in [0.1, 0.15) is 0 Å². The average molecular weight is 391 g/mol. The van der Waals surface area contributed by atoms with Gasteiger partial charge in [-0.05, 0) is 56.0 Å². The fourth-order valence-electron chi connectivity index (χ4n) is 3.42. The summed E-state index contributed by atoms with van der Waals surface area (Å²) in [5.41, 5.74) is 6.92. The third-order valence-electron chi connectivity index (χ3n) is 5.20.